The van der Waals surface area contributed by atoms with Crippen LogP contribution < -0.4 is 16.4 Å². The SMILES string of the molecule is CC(NC(=O)CCC(=O)Nc1nc2c(s1)C[C@@H](N)CC2)C(=O)c1ccc(Br)cc1. The maximum absolute atomic E-state index is 12.4. The van der Waals surface area contributed by atoms with E-state index < -0.39 is 6.04 Å². The van der Waals surface area contributed by atoms with Gasteiger partial charge in [0.05, 0.1) is 11.7 Å². The number of carbonyl (C=O) groups excluding carboxylic acids is 3. The standard InChI is InChI=1S/C20H23BrN4O3S/c1-11(19(28)12-2-4-13(21)5-3-12)23-17(26)8-9-18(27)25-20-24-15-7-6-14(22)10-16(15)29-20/h2-5,11,14H,6-10,22H2,1H3,(H,23,26)(H,24,25,27)/t11?,14-/m0/s1. The minimum Gasteiger partial charge on any atom is -0.346 e. The van der Waals surface area contributed by atoms with E-state index in [1.165, 1.54) is 11.3 Å². The van der Waals surface area contributed by atoms with Crippen LogP contribution >= 0.6 is 27.3 Å². The molecule has 1 aliphatic carbocycles. The highest BCUT2D eigenvalue weighted by molar-refractivity contribution is 9.10. The Bertz CT molecular complexity index is 913. The molecule has 1 aromatic heterocycles. The van der Waals surface area contributed by atoms with Crippen LogP contribution in [0.3, 0.4) is 0 Å². The summed E-state index contributed by atoms with van der Waals surface area (Å²) in [5.74, 6) is -0.799. The van der Waals surface area contributed by atoms with Crippen LogP contribution in [0.2, 0.25) is 0 Å². The van der Waals surface area contributed by atoms with Crippen LogP contribution in [-0.4, -0.2) is 34.7 Å². The number of nitrogens with one attached hydrogen (secondary N) is 2. The summed E-state index contributed by atoms with van der Waals surface area (Å²) in [7, 11) is 0. The van der Waals surface area contributed by atoms with Crippen molar-refractivity contribution in [2.75, 3.05) is 5.32 Å². The molecule has 2 atom stereocenters. The smallest absolute Gasteiger partial charge is 0.226 e. The first-order valence-electron chi connectivity index (χ1n) is 9.45. The number of Topliss-reactive ketones (excluding diaryl/α,β-unsaturated/α-hetero) is 1. The lowest BCUT2D eigenvalue weighted by atomic mass is 9.99. The van der Waals surface area contributed by atoms with Crippen molar-refractivity contribution in [3.05, 3.63) is 44.9 Å². The van der Waals surface area contributed by atoms with E-state index in [2.05, 4.69) is 31.5 Å². The second kappa shape index (κ2) is 9.60. The van der Waals surface area contributed by atoms with Crippen LogP contribution in [0.4, 0.5) is 5.13 Å². The molecule has 4 N–H and O–H groups in total. The summed E-state index contributed by atoms with van der Waals surface area (Å²) in [5, 5.41) is 5.95. The normalized spacial score (nSPS) is 16.6. The molecule has 1 aliphatic rings. The molecule has 1 aromatic carbocycles. The zero-order valence-electron chi connectivity index (χ0n) is 16.0. The monoisotopic (exact) mass is 478 g/mol. The molecule has 154 valence electrons. The number of thiazole rings is 1. The summed E-state index contributed by atoms with van der Waals surface area (Å²) < 4.78 is 0.876. The Hall–Kier alpha value is -2.10. The first kappa shape index (κ1) is 21.6. The number of hydrogen-bond acceptors (Lipinski definition) is 6. The fraction of sp³-hybridized carbons (Fsp3) is 0.400. The summed E-state index contributed by atoms with van der Waals surface area (Å²) in [4.78, 5) is 42.2. The van der Waals surface area contributed by atoms with Gasteiger partial charge in [-0.25, -0.2) is 4.98 Å². The Morgan fingerprint density at radius 2 is 1.93 bits per heavy atom. The van der Waals surface area contributed by atoms with Crippen molar-refractivity contribution in [2.24, 2.45) is 5.73 Å². The third-order valence-electron chi connectivity index (χ3n) is 4.70. The van der Waals surface area contributed by atoms with Gasteiger partial charge in [-0.1, -0.05) is 28.1 Å². The molecule has 9 heteroatoms. The minimum atomic E-state index is -0.665. The molecule has 0 bridgehead atoms. The number of carbonyl (C=O) groups is 3. The Morgan fingerprint density at radius 1 is 1.24 bits per heavy atom. The lowest BCUT2D eigenvalue weighted by molar-refractivity contribution is -0.124. The van der Waals surface area contributed by atoms with Gasteiger partial charge < -0.3 is 16.4 Å². The molecule has 1 unspecified atom stereocenters. The highest BCUT2D eigenvalue weighted by Gasteiger charge is 2.21. The Kier molecular flexibility index (Phi) is 7.15. The summed E-state index contributed by atoms with van der Waals surface area (Å²) in [6.07, 6.45) is 2.54. The lowest BCUT2D eigenvalue weighted by Gasteiger charge is -2.15. The molecule has 2 aromatic rings. The third-order valence-corrected chi connectivity index (χ3v) is 6.27. The number of nitrogens with zero attached hydrogens (tertiary/aromatic N) is 1. The van der Waals surface area contributed by atoms with Gasteiger partial charge in [-0.3, -0.25) is 14.4 Å². The number of fused-ring (bicyclic) bond motifs is 1. The van der Waals surface area contributed by atoms with Crippen molar-refractivity contribution in [2.45, 2.75) is 51.1 Å². The molecule has 2 amide bonds. The number of aromatic nitrogens is 1. The van der Waals surface area contributed by atoms with Gasteiger partial charge in [-0.15, -0.1) is 11.3 Å². The van der Waals surface area contributed by atoms with Crippen molar-refractivity contribution in [3.63, 3.8) is 0 Å². The number of benzene rings is 1. The van der Waals surface area contributed by atoms with Gasteiger partial charge >= 0.3 is 0 Å². The van der Waals surface area contributed by atoms with E-state index in [0.717, 1.165) is 34.3 Å². The maximum atomic E-state index is 12.4. The number of amides is 2. The lowest BCUT2D eigenvalue weighted by Crippen LogP contribution is -2.38. The number of aryl methyl sites for hydroxylation is 1. The fourth-order valence-electron chi connectivity index (χ4n) is 3.11. The van der Waals surface area contributed by atoms with Gasteiger partial charge in [0.15, 0.2) is 10.9 Å². The summed E-state index contributed by atoms with van der Waals surface area (Å²) in [6.45, 7) is 1.63. The van der Waals surface area contributed by atoms with Crippen LogP contribution in [-0.2, 0) is 22.4 Å². The van der Waals surface area contributed by atoms with Gasteiger partial charge in [-0.05, 0) is 38.3 Å². The van der Waals surface area contributed by atoms with E-state index >= 15 is 0 Å². The minimum absolute atomic E-state index is 0.000243. The topological polar surface area (TPSA) is 114 Å². The van der Waals surface area contributed by atoms with Crippen molar-refractivity contribution in [1.29, 1.82) is 0 Å². The van der Waals surface area contributed by atoms with Crippen LogP contribution in [0, 0.1) is 0 Å². The highest BCUT2D eigenvalue weighted by Crippen LogP contribution is 2.29. The van der Waals surface area contributed by atoms with Crippen LogP contribution in [0.5, 0.6) is 0 Å². The molecule has 0 saturated carbocycles. The van der Waals surface area contributed by atoms with E-state index in [1.54, 1.807) is 31.2 Å². The second-order valence-corrected chi connectivity index (χ2v) is 9.10. The number of nitrogens with two attached hydrogens (primary N) is 1. The molecule has 0 fully saturated rings. The first-order valence-corrected chi connectivity index (χ1v) is 11.1. The molecular formula is C20H23BrN4O3S. The van der Waals surface area contributed by atoms with Gasteiger partial charge in [0, 0.05) is 33.8 Å². The predicted octanol–water partition coefficient (Wildman–Crippen LogP) is 2.83. The van der Waals surface area contributed by atoms with E-state index in [4.69, 9.17) is 5.73 Å². The van der Waals surface area contributed by atoms with Crippen molar-refractivity contribution in [3.8, 4) is 0 Å². The fourth-order valence-corrected chi connectivity index (χ4v) is 4.49. The average Bonchev–Trinajstić information content (AvgIpc) is 3.07. The van der Waals surface area contributed by atoms with E-state index in [-0.39, 0.29) is 36.5 Å². The molecule has 0 spiro atoms. The van der Waals surface area contributed by atoms with Crippen LogP contribution in [0.1, 0.15) is 47.1 Å². The van der Waals surface area contributed by atoms with Gasteiger partial charge in [-0.2, -0.15) is 0 Å². The number of halogens is 1. The van der Waals surface area contributed by atoms with E-state index in [1.807, 2.05) is 0 Å². The van der Waals surface area contributed by atoms with E-state index in [0.29, 0.717) is 10.7 Å². The number of ketones is 1. The quantitative estimate of drug-likeness (QED) is 0.529. The zero-order chi connectivity index (χ0) is 21.0. The Labute approximate surface area is 181 Å². The molecule has 0 saturated heterocycles. The second-order valence-electron chi connectivity index (χ2n) is 7.10. The zero-order valence-corrected chi connectivity index (χ0v) is 18.4. The van der Waals surface area contributed by atoms with Crippen molar-refractivity contribution >= 4 is 50.0 Å². The summed E-state index contributed by atoms with van der Waals surface area (Å²) in [6, 6.07) is 6.43. The van der Waals surface area contributed by atoms with Gasteiger partial charge in [0.2, 0.25) is 11.8 Å². The Balaban J connectivity index is 1.44. The summed E-state index contributed by atoms with van der Waals surface area (Å²) in [5.41, 5.74) is 7.49. The van der Waals surface area contributed by atoms with E-state index in [9.17, 15) is 14.4 Å². The van der Waals surface area contributed by atoms with Crippen LogP contribution in [0.25, 0.3) is 0 Å². The molecule has 3 rings (SSSR count). The molecule has 29 heavy (non-hydrogen) atoms. The molecule has 1 heterocycles. The largest absolute Gasteiger partial charge is 0.346 e. The van der Waals surface area contributed by atoms with Crippen molar-refractivity contribution < 1.29 is 14.4 Å². The first-order chi connectivity index (χ1) is 13.8. The third kappa shape index (κ3) is 5.94. The van der Waals surface area contributed by atoms with Gasteiger partial charge in [0.25, 0.3) is 0 Å². The van der Waals surface area contributed by atoms with Gasteiger partial charge in [0.1, 0.15) is 0 Å². The molecular weight excluding hydrogens is 456 g/mol. The van der Waals surface area contributed by atoms with Crippen molar-refractivity contribution in [1.82, 2.24) is 10.3 Å². The summed E-state index contributed by atoms with van der Waals surface area (Å²) >= 11 is 4.76. The molecule has 0 aliphatic heterocycles. The molecule has 0 radical (unpaired) electrons. The average molecular weight is 479 g/mol. The highest BCUT2D eigenvalue weighted by atomic mass is 79.9. The van der Waals surface area contributed by atoms with Crippen LogP contribution in [0.15, 0.2) is 28.7 Å². The number of hydrogen-bond donors (Lipinski definition) is 3. The predicted molar refractivity (Wildman–Crippen MR) is 116 cm³/mol. The molecule has 7 nitrogen and oxygen atoms in total. The number of anilines is 1. The maximum Gasteiger partial charge on any atom is 0.226 e. The number of rotatable bonds is 7. The Morgan fingerprint density at radius 3 is 2.66 bits per heavy atom.